The molecule has 204 valence electrons. The Morgan fingerprint density at radius 2 is 1.62 bits per heavy atom. The zero-order chi connectivity index (χ0) is 27.1. The van der Waals surface area contributed by atoms with Crippen molar-refractivity contribution in [3.8, 4) is 11.5 Å². The van der Waals surface area contributed by atoms with Crippen LogP contribution in [-0.4, -0.2) is 85.9 Å². The van der Waals surface area contributed by atoms with Gasteiger partial charge in [0.1, 0.15) is 24.1 Å². The third-order valence-electron chi connectivity index (χ3n) is 5.76. The molecule has 0 saturated carbocycles. The Bertz CT molecular complexity index is 1240. The standard InChI is InChI=1S/C24H33N3O8S2/c1-4-23(27(36(3,29)30)19-5-7-20(33-2)8-6-19)24(28)25-13-16-35-21-9-11-22(12-10-21)37(31,32)26-14-17-34-18-15-26/h5-12,23H,4,13-18H2,1-3H3,(H,25,28)/t23-/m1/s1. The Hall–Kier alpha value is -2.87. The highest BCUT2D eigenvalue weighted by Gasteiger charge is 2.31. The largest absolute Gasteiger partial charge is 0.497 e. The molecule has 2 aromatic rings. The first-order chi connectivity index (χ1) is 17.6. The van der Waals surface area contributed by atoms with Gasteiger partial charge < -0.3 is 19.5 Å². The van der Waals surface area contributed by atoms with E-state index in [-0.39, 0.29) is 24.5 Å². The third-order valence-corrected chi connectivity index (χ3v) is 8.85. The molecule has 1 aliphatic rings. The molecular weight excluding hydrogens is 522 g/mol. The van der Waals surface area contributed by atoms with Gasteiger partial charge >= 0.3 is 0 Å². The minimum absolute atomic E-state index is 0.110. The molecule has 1 amide bonds. The number of amides is 1. The predicted molar refractivity (Wildman–Crippen MR) is 139 cm³/mol. The Kier molecular flexibility index (Phi) is 9.76. The van der Waals surface area contributed by atoms with Crippen molar-refractivity contribution in [1.29, 1.82) is 0 Å². The number of carbonyl (C=O) groups is 1. The summed E-state index contributed by atoms with van der Waals surface area (Å²) < 4.78 is 69.0. The number of nitrogens with one attached hydrogen (secondary N) is 1. The molecule has 1 atom stereocenters. The van der Waals surface area contributed by atoms with Crippen molar-refractivity contribution in [2.24, 2.45) is 0 Å². The highest BCUT2D eigenvalue weighted by molar-refractivity contribution is 7.92. The van der Waals surface area contributed by atoms with Crippen LogP contribution in [0.4, 0.5) is 5.69 Å². The Morgan fingerprint density at radius 3 is 2.16 bits per heavy atom. The molecule has 2 aromatic carbocycles. The number of carbonyl (C=O) groups excluding carboxylic acids is 1. The number of hydrogen-bond acceptors (Lipinski definition) is 8. The van der Waals surface area contributed by atoms with Crippen LogP contribution in [0.2, 0.25) is 0 Å². The number of benzene rings is 2. The van der Waals surface area contributed by atoms with Gasteiger partial charge in [-0.15, -0.1) is 0 Å². The molecular formula is C24H33N3O8S2. The zero-order valence-corrected chi connectivity index (χ0v) is 22.8. The maximum atomic E-state index is 12.9. The van der Waals surface area contributed by atoms with Gasteiger partial charge in [-0.1, -0.05) is 6.92 Å². The van der Waals surface area contributed by atoms with Crippen LogP contribution in [0.15, 0.2) is 53.4 Å². The molecule has 1 heterocycles. The van der Waals surface area contributed by atoms with Crippen molar-refractivity contribution in [1.82, 2.24) is 9.62 Å². The lowest BCUT2D eigenvalue weighted by atomic mass is 10.2. The first kappa shape index (κ1) is 28.7. The second-order valence-electron chi connectivity index (χ2n) is 8.31. The topological polar surface area (TPSA) is 132 Å². The Balaban J connectivity index is 1.57. The van der Waals surface area contributed by atoms with E-state index in [1.165, 1.54) is 23.5 Å². The number of nitrogens with zero attached hydrogens (tertiary/aromatic N) is 2. The second-order valence-corrected chi connectivity index (χ2v) is 12.1. The van der Waals surface area contributed by atoms with Crippen molar-refractivity contribution in [2.45, 2.75) is 24.3 Å². The summed E-state index contributed by atoms with van der Waals surface area (Å²) in [6.07, 6.45) is 1.31. The summed E-state index contributed by atoms with van der Waals surface area (Å²) >= 11 is 0. The van der Waals surface area contributed by atoms with E-state index in [0.29, 0.717) is 43.5 Å². The highest BCUT2D eigenvalue weighted by Crippen LogP contribution is 2.25. The highest BCUT2D eigenvalue weighted by atomic mass is 32.2. The van der Waals surface area contributed by atoms with E-state index in [1.54, 1.807) is 43.3 Å². The van der Waals surface area contributed by atoms with E-state index >= 15 is 0 Å². The lowest BCUT2D eigenvalue weighted by molar-refractivity contribution is -0.122. The first-order valence-electron chi connectivity index (χ1n) is 11.8. The van der Waals surface area contributed by atoms with Gasteiger partial charge in [-0.05, 0) is 55.0 Å². The Morgan fingerprint density at radius 1 is 1.03 bits per heavy atom. The molecule has 0 spiro atoms. The molecule has 0 aliphatic carbocycles. The van der Waals surface area contributed by atoms with E-state index in [4.69, 9.17) is 14.2 Å². The van der Waals surface area contributed by atoms with E-state index < -0.39 is 32.0 Å². The number of ether oxygens (including phenoxy) is 3. The van der Waals surface area contributed by atoms with Crippen LogP contribution in [0.5, 0.6) is 11.5 Å². The molecule has 1 saturated heterocycles. The molecule has 11 nitrogen and oxygen atoms in total. The number of rotatable bonds is 12. The summed E-state index contributed by atoms with van der Waals surface area (Å²) in [5.41, 5.74) is 0.355. The summed E-state index contributed by atoms with van der Waals surface area (Å²) in [6, 6.07) is 11.5. The smallest absolute Gasteiger partial charge is 0.244 e. The van der Waals surface area contributed by atoms with Gasteiger partial charge in [0.05, 0.1) is 43.7 Å². The van der Waals surface area contributed by atoms with Crippen LogP contribution in [-0.2, 0) is 29.6 Å². The van der Waals surface area contributed by atoms with Gasteiger partial charge in [-0.25, -0.2) is 16.8 Å². The number of anilines is 1. The van der Waals surface area contributed by atoms with Gasteiger partial charge in [0.25, 0.3) is 0 Å². The van der Waals surface area contributed by atoms with E-state index in [0.717, 1.165) is 10.6 Å². The lowest BCUT2D eigenvalue weighted by Gasteiger charge is -2.30. The normalized spacial score (nSPS) is 15.5. The van der Waals surface area contributed by atoms with Gasteiger partial charge in [0.2, 0.25) is 26.0 Å². The van der Waals surface area contributed by atoms with E-state index in [9.17, 15) is 21.6 Å². The molecule has 0 unspecified atom stereocenters. The van der Waals surface area contributed by atoms with Crippen LogP contribution in [0.3, 0.4) is 0 Å². The fourth-order valence-corrected chi connectivity index (χ4v) is 6.51. The maximum absolute atomic E-state index is 12.9. The van der Waals surface area contributed by atoms with Gasteiger partial charge in [0.15, 0.2) is 0 Å². The predicted octanol–water partition coefficient (Wildman–Crippen LogP) is 1.46. The molecule has 37 heavy (non-hydrogen) atoms. The van der Waals surface area contributed by atoms with Gasteiger partial charge in [-0.2, -0.15) is 4.31 Å². The lowest BCUT2D eigenvalue weighted by Crippen LogP contribution is -2.50. The molecule has 1 fully saturated rings. The van der Waals surface area contributed by atoms with Crippen LogP contribution in [0.25, 0.3) is 0 Å². The van der Waals surface area contributed by atoms with Crippen molar-refractivity contribution in [3.63, 3.8) is 0 Å². The van der Waals surface area contributed by atoms with E-state index in [1.807, 2.05) is 0 Å². The van der Waals surface area contributed by atoms with Crippen LogP contribution in [0, 0.1) is 0 Å². The molecule has 1 aliphatic heterocycles. The first-order valence-corrected chi connectivity index (χ1v) is 15.1. The van der Waals surface area contributed by atoms with Crippen LogP contribution < -0.4 is 19.1 Å². The quantitative estimate of drug-likeness (QED) is 0.390. The minimum atomic E-state index is -3.75. The fraction of sp³-hybridized carbons (Fsp3) is 0.458. The number of methoxy groups -OCH3 is 1. The summed E-state index contributed by atoms with van der Waals surface area (Å²) in [6.45, 7) is 3.33. The maximum Gasteiger partial charge on any atom is 0.244 e. The molecule has 0 radical (unpaired) electrons. The van der Waals surface area contributed by atoms with Crippen LogP contribution >= 0.6 is 0 Å². The zero-order valence-electron chi connectivity index (χ0n) is 21.1. The SMILES string of the molecule is CC[C@H](C(=O)NCCOc1ccc(S(=O)(=O)N2CCOCC2)cc1)N(c1ccc(OC)cc1)S(C)(=O)=O. The summed E-state index contributed by atoms with van der Waals surface area (Å²) in [5.74, 6) is 0.552. The minimum Gasteiger partial charge on any atom is -0.497 e. The Labute approximate surface area is 218 Å². The average Bonchev–Trinajstić information content (AvgIpc) is 2.89. The number of sulfonamides is 2. The average molecular weight is 556 g/mol. The van der Waals surface area contributed by atoms with Crippen molar-refractivity contribution < 1.29 is 35.8 Å². The third kappa shape index (κ3) is 7.34. The number of morpholine rings is 1. The van der Waals surface area contributed by atoms with Crippen molar-refractivity contribution in [3.05, 3.63) is 48.5 Å². The molecule has 1 N–H and O–H groups in total. The van der Waals surface area contributed by atoms with Gasteiger partial charge in [-0.3, -0.25) is 9.10 Å². The van der Waals surface area contributed by atoms with Gasteiger partial charge in [0, 0.05) is 13.1 Å². The monoisotopic (exact) mass is 555 g/mol. The summed E-state index contributed by atoms with van der Waals surface area (Å²) in [5, 5.41) is 2.72. The fourth-order valence-electron chi connectivity index (χ4n) is 3.89. The summed E-state index contributed by atoms with van der Waals surface area (Å²) in [4.78, 5) is 13.1. The van der Waals surface area contributed by atoms with Crippen molar-refractivity contribution in [2.75, 3.05) is 57.1 Å². The number of hydrogen-bond donors (Lipinski definition) is 1. The van der Waals surface area contributed by atoms with Crippen LogP contribution in [0.1, 0.15) is 13.3 Å². The summed E-state index contributed by atoms with van der Waals surface area (Å²) in [7, 11) is -5.84. The van der Waals surface area contributed by atoms with Crippen molar-refractivity contribution >= 4 is 31.6 Å². The molecule has 0 bridgehead atoms. The van der Waals surface area contributed by atoms with E-state index in [2.05, 4.69) is 5.32 Å². The molecule has 13 heteroatoms. The molecule has 3 rings (SSSR count). The second kappa shape index (κ2) is 12.6. The molecule has 0 aromatic heterocycles.